The second-order valence-corrected chi connectivity index (χ2v) is 4.56. The smallest absolute Gasteiger partial charge is 0.161 e. The molecule has 1 heterocycles. The highest BCUT2D eigenvalue weighted by atomic mass is 35.5. The third kappa shape index (κ3) is 2.26. The van der Waals surface area contributed by atoms with E-state index >= 15 is 0 Å². The van der Waals surface area contributed by atoms with Crippen LogP contribution in [-0.2, 0) is 0 Å². The van der Waals surface area contributed by atoms with E-state index in [0.717, 1.165) is 17.0 Å². The summed E-state index contributed by atoms with van der Waals surface area (Å²) in [5, 5.41) is 8.75. The molecule has 20 heavy (non-hydrogen) atoms. The number of hydrogen-bond donors (Lipinski definition) is 0. The predicted molar refractivity (Wildman–Crippen MR) is 78.4 cm³/mol. The lowest BCUT2D eigenvalue weighted by molar-refractivity contribution is 0.414. The van der Waals surface area contributed by atoms with Gasteiger partial charge in [0.05, 0.1) is 12.8 Å². The molecule has 1 aromatic heterocycles. The van der Waals surface area contributed by atoms with Crippen LogP contribution in [0.1, 0.15) is 0 Å². The van der Waals surface area contributed by atoms with Crippen molar-refractivity contribution in [3.05, 3.63) is 59.8 Å². The molecule has 2 aromatic carbocycles. The Morgan fingerprint density at radius 2 is 1.70 bits per heavy atom. The Labute approximate surface area is 121 Å². The van der Waals surface area contributed by atoms with Gasteiger partial charge in [-0.2, -0.15) is 0 Å². The molecule has 4 nitrogen and oxygen atoms in total. The van der Waals surface area contributed by atoms with Gasteiger partial charge < -0.3 is 4.74 Å². The summed E-state index contributed by atoms with van der Waals surface area (Å²) >= 11 is 6.37. The fourth-order valence-corrected chi connectivity index (χ4v) is 2.21. The lowest BCUT2D eigenvalue weighted by Gasteiger charge is -2.04. The van der Waals surface area contributed by atoms with Crippen molar-refractivity contribution in [1.82, 2.24) is 15.0 Å². The maximum Gasteiger partial charge on any atom is 0.161 e. The molecule has 0 aliphatic rings. The van der Waals surface area contributed by atoms with Crippen LogP contribution in [0.2, 0.25) is 5.15 Å². The third-order valence-electron chi connectivity index (χ3n) is 2.98. The fraction of sp³-hybridized carbons (Fsp3) is 0.0667. The minimum atomic E-state index is 0.487. The van der Waals surface area contributed by atoms with E-state index in [0.29, 0.717) is 10.8 Å². The molecule has 0 aliphatic heterocycles. The molecule has 0 unspecified atom stereocenters. The second kappa shape index (κ2) is 5.35. The first-order chi connectivity index (χ1) is 9.79. The molecule has 5 heteroatoms. The third-order valence-corrected chi connectivity index (χ3v) is 3.32. The summed E-state index contributed by atoms with van der Waals surface area (Å²) in [6.45, 7) is 0. The molecule has 3 aromatic rings. The fourth-order valence-electron chi connectivity index (χ4n) is 1.93. The molecule has 0 aliphatic carbocycles. The first-order valence-corrected chi connectivity index (χ1v) is 6.48. The summed E-state index contributed by atoms with van der Waals surface area (Å²) < 4.78 is 6.73. The predicted octanol–water partition coefficient (Wildman–Crippen LogP) is 3.60. The van der Waals surface area contributed by atoms with Gasteiger partial charge in [-0.15, -0.1) is 5.10 Å². The van der Waals surface area contributed by atoms with Crippen LogP contribution in [0.5, 0.6) is 5.75 Å². The minimum absolute atomic E-state index is 0.487. The van der Waals surface area contributed by atoms with Crippen molar-refractivity contribution in [3.63, 3.8) is 0 Å². The molecule has 0 saturated heterocycles. The number of halogens is 1. The zero-order valence-electron chi connectivity index (χ0n) is 10.8. The molecule has 0 radical (unpaired) electrons. The Balaban J connectivity index is 2.01. The Morgan fingerprint density at radius 1 is 1.00 bits per heavy atom. The monoisotopic (exact) mass is 285 g/mol. The molecular weight excluding hydrogens is 274 g/mol. The van der Waals surface area contributed by atoms with Crippen LogP contribution in [0, 0.1) is 0 Å². The average Bonchev–Trinajstić information content (AvgIpc) is 2.90. The van der Waals surface area contributed by atoms with Crippen molar-refractivity contribution in [1.29, 1.82) is 0 Å². The van der Waals surface area contributed by atoms with Crippen molar-refractivity contribution in [3.8, 4) is 22.7 Å². The van der Waals surface area contributed by atoms with Crippen molar-refractivity contribution in [2.24, 2.45) is 0 Å². The molecule has 0 fully saturated rings. The normalized spacial score (nSPS) is 10.5. The van der Waals surface area contributed by atoms with Gasteiger partial charge in [-0.3, -0.25) is 0 Å². The summed E-state index contributed by atoms with van der Waals surface area (Å²) in [5.41, 5.74) is 2.45. The first kappa shape index (κ1) is 12.7. The van der Waals surface area contributed by atoms with Crippen LogP contribution in [0.4, 0.5) is 0 Å². The maximum atomic E-state index is 6.37. The van der Waals surface area contributed by atoms with E-state index in [1.54, 1.807) is 11.8 Å². The number of ether oxygens (including phenoxy) is 1. The number of methoxy groups -OCH3 is 1. The molecule has 3 rings (SSSR count). The molecule has 0 amide bonds. The molecule has 0 bridgehead atoms. The largest absolute Gasteiger partial charge is 0.497 e. The van der Waals surface area contributed by atoms with Gasteiger partial charge in [0.25, 0.3) is 0 Å². The SMILES string of the molecule is COc1ccc(-n2nnc(-c3ccccc3)c2Cl)cc1. The van der Waals surface area contributed by atoms with E-state index in [4.69, 9.17) is 16.3 Å². The van der Waals surface area contributed by atoms with Crippen LogP contribution in [-0.4, -0.2) is 22.1 Å². The van der Waals surface area contributed by atoms with Crippen LogP contribution in [0.3, 0.4) is 0 Å². The van der Waals surface area contributed by atoms with Gasteiger partial charge in [-0.05, 0) is 24.3 Å². The van der Waals surface area contributed by atoms with Gasteiger partial charge >= 0.3 is 0 Å². The summed E-state index contributed by atoms with van der Waals surface area (Å²) in [6, 6.07) is 17.2. The highest BCUT2D eigenvalue weighted by Crippen LogP contribution is 2.27. The number of aromatic nitrogens is 3. The number of hydrogen-bond acceptors (Lipinski definition) is 3. The Bertz CT molecular complexity index is 708. The van der Waals surface area contributed by atoms with Crippen molar-refractivity contribution >= 4 is 11.6 Å². The van der Waals surface area contributed by atoms with Gasteiger partial charge in [-0.1, -0.05) is 47.1 Å². The lowest BCUT2D eigenvalue weighted by Crippen LogP contribution is -1.96. The Kier molecular flexibility index (Phi) is 3.39. The van der Waals surface area contributed by atoms with Crippen LogP contribution in [0.25, 0.3) is 16.9 Å². The zero-order valence-corrected chi connectivity index (χ0v) is 11.6. The highest BCUT2D eigenvalue weighted by molar-refractivity contribution is 6.32. The van der Waals surface area contributed by atoms with Crippen molar-refractivity contribution in [2.75, 3.05) is 7.11 Å². The summed E-state index contributed by atoms with van der Waals surface area (Å²) in [4.78, 5) is 0. The molecule has 0 spiro atoms. The molecule has 0 N–H and O–H groups in total. The topological polar surface area (TPSA) is 39.9 Å². The number of benzene rings is 2. The summed E-state index contributed by atoms with van der Waals surface area (Å²) in [6.07, 6.45) is 0. The summed E-state index contributed by atoms with van der Waals surface area (Å²) in [5.74, 6) is 0.785. The number of nitrogens with zero attached hydrogens (tertiary/aromatic N) is 3. The van der Waals surface area contributed by atoms with Gasteiger partial charge in [0.2, 0.25) is 0 Å². The van der Waals surface area contributed by atoms with Crippen LogP contribution in [0.15, 0.2) is 54.6 Å². The van der Waals surface area contributed by atoms with E-state index in [9.17, 15) is 0 Å². The van der Waals surface area contributed by atoms with Gasteiger partial charge in [-0.25, -0.2) is 4.68 Å². The molecule has 100 valence electrons. The highest BCUT2D eigenvalue weighted by Gasteiger charge is 2.13. The van der Waals surface area contributed by atoms with E-state index in [-0.39, 0.29) is 0 Å². The van der Waals surface area contributed by atoms with Crippen molar-refractivity contribution in [2.45, 2.75) is 0 Å². The minimum Gasteiger partial charge on any atom is -0.497 e. The molecule has 0 atom stereocenters. The lowest BCUT2D eigenvalue weighted by atomic mass is 10.2. The maximum absolute atomic E-state index is 6.37. The number of rotatable bonds is 3. The van der Waals surface area contributed by atoms with Crippen LogP contribution >= 0.6 is 11.6 Å². The van der Waals surface area contributed by atoms with Gasteiger partial charge in [0.15, 0.2) is 5.15 Å². The van der Waals surface area contributed by atoms with E-state index < -0.39 is 0 Å². The van der Waals surface area contributed by atoms with Gasteiger partial charge in [0, 0.05) is 5.56 Å². The second-order valence-electron chi connectivity index (χ2n) is 4.20. The van der Waals surface area contributed by atoms with E-state index in [1.807, 2.05) is 54.6 Å². The first-order valence-electron chi connectivity index (χ1n) is 6.10. The van der Waals surface area contributed by atoms with E-state index in [1.165, 1.54) is 0 Å². The quantitative estimate of drug-likeness (QED) is 0.738. The average molecular weight is 286 g/mol. The molecular formula is C15H12ClN3O. The standard InChI is InChI=1S/C15H12ClN3O/c1-20-13-9-7-12(8-10-13)19-15(16)14(17-18-19)11-5-3-2-4-6-11/h2-10H,1H3. The molecule has 0 saturated carbocycles. The van der Waals surface area contributed by atoms with Crippen LogP contribution < -0.4 is 4.74 Å². The van der Waals surface area contributed by atoms with Crippen molar-refractivity contribution < 1.29 is 4.74 Å². The zero-order chi connectivity index (χ0) is 13.9. The Hall–Kier alpha value is -2.33. The Morgan fingerprint density at radius 3 is 2.35 bits per heavy atom. The van der Waals surface area contributed by atoms with E-state index in [2.05, 4.69) is 10.3 Å². The summed E-state index contributed by atoms with van der Waals surface area (Å²) in [7, 11) is 1.63. The van der Waals surface area contributed by atoms with Gasteiger partial charge in [0.1, 0.15) is 11.4 Å².